The van der Waals surface area contributed by atoms with Crippen LogP contribution in [0, 0.1) is 5.82 Å². The van der Waals surface area contributed by atoms with E-state index in [2.05, 4.69) is 20.2 Å². The zero-order valence-electron chi connectivity index (χ0n) is 19.0. The molecule has 2 aromatic heterocycles. The van der Waals surface area contributed by atoms with Crippen molar-refractivity contribution in [3.63, 3.8) is 0 Å². The molecule has 0 N–H and O–H groups in total. The van der Waals surface area contributed by atoms with Crippen molar-refractivity contribution >= 4 is 40.1 Å². The quantitative estimate of drug-likeness (QED) is 0.342. The van der Waals surface area contributed by atoms with Crippen molar-refractivity contribution in [2.24, 2.45) is 0 Å². The smallest absolute Gasteiger partial charge is 0.225 e. The molecule has 6 rings (SSSR count). The molecule has 1 aliphatic heterocycles. The summed E-state index contributed by atoms with van der Waals surface area (Å²) in [7, 11) is -2.90. The van der Waals surface area contributed by atoms with Crippen LogP contribution in [0.1, 0.15) is 11.3 Å². The Morgan fingerprint density at radius 1 is 0.914 bits per heavy atom. The Morgan fingerprint density at radius 2 is 1.69 bits per heavy atom. The summed E-state index contributed by atoms with van der Waals surface area (Å²) in [5, 5.41) is 11.8. The summed E-state index contributed by atoms with van der Waals surface area (Å²) >= 11 is 0. The van der Waals surface area contributed by atoms with E-state index in [4.69, 9.17) is 0 Å². The van der Waals surface area contributed by atoms with E-state index in [1.807, 2.05) is 59.6 Å². The highest BCUT2D eigenvalue weighted by Gasteiger charge is 2.34. The molecule has 0 amide bonds. The van der Waals surface area contributed by atoms with Gasteiger partial charge in [-0.25, -0.2) is 14.4 Å². The molecule has 1 aliphatic rings. The number of hydrogen-bond acceptors (Lipinski definition) is 6. The van der Waals surface area contributed by atoms with Crippen LogP contribution in [0.15, 0.2) is 79.1 Å². The van der Waals surface area contributed by atoms with Crippen molar-refractivity contribution in [3.8, 4) is 0 Å². The minimum Gasteiger partial charge on any atom is -0.340 e. The normalized spacial score (nSPS) is 15.5. The lowest BCUT2D eigenvalue weighted by Gasteiger charge is -2.32. The third-order valence-corrected chi connectivity index (χ3v) is 9.76. The van der Waals surface area contributed by atoms with Crippen molar-refractivity contribution in [1.29, 1.82) is 0 Å². The van der Waals surface area contributed by atoms with Crippen LogP contribution in [0.25, 0.3) is 21.7 Å². The van der Waals surface area contributed by atoms with Crippen LogP contribution in [0.2, 0.25) is 0 Å². The molecule has 0 radical (unpaired) electrons. The van der Waals surface area contributed by atoms with Gasteiger partial charge in [-0.15, -0.1) is 0 Å². The maximum Gasteiger partial charge on any atom is 0.225 e. The van der Waals surface area contributed by atoms with Gasteiger partial charge in [-0.1, -0.05) is 48.5 Å². The van der Waals surface area contributed by atoms with Crippen LogP contribution >= 0.6 is 7.14 Å². The van der Waals surface area contributed by atoms with E-state index in [1.165, 1.54) is 6.07 Å². The highest BCUT2D eigenvalue weighted by Crippen LogP contribution is 2.47. The molecule has 5 aromatic rings. The molecule has 0 aliphatic carbocycles. The van der Waals surface area contributed by atoms with Crippen LogP contribution in [-0.2, 0) is 11.0 Å². The average Bonchev–Trinajstić information content (AvgIpc) is 2.90. The lowest BCUT2D eigenvalue weighted by atomic mass is 10.0. The van der Waals surface area contributed by atoms with Crippen molar-refractivity contribution < 1.29 is 8.96 Å². The lowest BCUT2D eigenvalue weighted by Crippen LogP contribution is -2.38. The fourth-order valence-electron chi connectivity index (χ4n) is 4.74. The van der Waals surface area contributed by atoms with Crippen LogP contribution in [0.4, 0.5) is 10.3 Å². The molecule has 6 nitrogen and oxygen atoms in total. The van der Waals surface area contributed by atoms with E-state index < -0.39 is 13.0 Å². The van der Waals surface area contributed by atoms with Crippen molar-refractivity contribution in [1.82, 2.24) is 20.2 Å². The highest BCUT2D eigenvalue weighted by atomic mass is 31.2. The first-order valence-electron chi connectivity index (χ1n) is 11.6. The van der Waals surface area contributed by atoms with Gasteiger partial charge in [0.15, 0.2) is 0 Å². The van der Waals surface area contributed by atoms with Gasteiger partial charge in [0.1, 0.15) is 13.0 Å². The molecule has 0 bridgehead atoms. The molecule has 0 unspecified atom stereocenters. The summed E-state index contributed by atoms with van der Waals surface area (Å²) < 4.78 is 28.9. The zero-order chi connectivity index (χ0) is 23.8. The predicted octanol–water partition coefficient (Wildman–Crippen LogP) is 4.81. The maximum absolute atomic E-state index is 14.9. The van der Waals surface area contributed by atoms with Gasteiger partial charge in [-0.3, -0.25) is 0 Å². The minimum absolute atomic E-state index is 0.335. The third kappa shape index (κ3) is 4.17. The summed E-state index contributed by atoms with van der Waals surface area (Å²) in [6.07, 6.45) is 4.82. The van der Waals surface area contributed by atoms with Crippen LogP contribution in [0.5, 0.6) is 0 Å². The Kier molecular flexibility index (Phi) is 5.50. The second-order valence-corrected chi connectivity index (χ2v) is 12.0. The molecule has 174 valence electrons. The summed E-state index contributed by atoms with van der Waals surface area (Å²) in [6.45, 7) is 1.04. The second kappa shape index (κ2) is 8.82. The van der Waals surface area contributed by atoms with Gasteiger partial charge in [0.05, 0.1) is 17.4 Å². The molecular weight excluding hydrogens is 460 g/mol. The van der Waals surface area contributed by atoms with Gasteiger partial charge in [0.25, 0.3) is 0 Å². The number of hydrogen-bond donors (Lipinski definition) is 0. The molecule has 3 heterocycles. The van der Waals surface area contributed by atoms with Crippen LogP contribution in [-0.4, -0.2) is 45.6 Å². The van der Waals surface area contributed by atoms with E-state index in [0.717, 1.165) is 32.9 Å². The van der Waals surface area contributed by atoms with Gasteiger partial charge in [0.2, 0.25) is 5.95 Å². The second-order valence-electron chi connectivity index (χ2n) is 8.89. The molecular formula is C27H23FN5OP. The van der Waals surface area contributed by atoms with Crippen molar-refractivity contribution in [2.75, 3.05) is 30.3 Å². The summed E-state index contributed by atoms with van der Waals surface area (Å²) in [6, 6.07) is 20.7. The maximum atomic E-state index is 14.9. The summed E-state index contributed by atoms with van der Waals surface area (Å²) in [5.74, 6) is 0.218. The molecule has 1 saturated heterocycles. The Balaban J connectivity index is 1.24. The predicted molar refractivity (Wildman–Crippen MR) is 137 cm³/mol. The van der Waals surface area contributed by atoms with Gasteiger partial charge in [0, 0.05) is 59.5 Å². The summed E-state index contributed by atoms with van der Waals surface area (Å²) in [4.78, 5) is 11.2. The van der Waals surface area contributed by atoms with E-state index >= 15 is 0 Å². The first-order valence-corrected chi connectivity index (χ1v) is 13.7. The first-order chi connectivity index (χ1) is 17.1. The fraction of sp³-hybridized carbons (Fsp3) is 0.185. The molecule has 1 fully saturated rings. The van der Waals surface area contributed by atoms with E-state index in [1.54, 1.807) is 18.3 Å². The average molecular weight is 483 g/mol. The van der Waals surface area contributed by atoms with Gasteiger partial charge in [-0.05, 0) is 23.8 Å². The van der Waals surface area contributed by atoms with Crippen molar-refractivity contribution in [3.05, 3.63) is 96.2 Å². The molecule has 0 saturated carbocycles. The Hall–Kier alpha value is -3.70. The molecule has 35 heavy (non-hydrogen) atoms. The van der Waals surface area contributed by atoms with Crippen LogP contribution in [0.3, 0.4) is 0 Å². The van der Waals surface area contributed by atoms with Crippen molar-refractivity contribution in [2.45, 2.75) is 6.42 Å². The lowest BCUT2D eigenvalue weighted by molar-refractivity contribution is 0.570. The number of fused-ring (bicyclic) bond motifs is 2. The molecule has 3 aromatic carbocycles. The first kappa shape index (κ1) is 21.8. The van der Waals surface area contributed by atoms with Gasteiger partial charge < -0.3 is 9.46 Å². The minimum atomic E-state index is -2.90. The molecule has 8 heteroatoms. The van der Waals surface area contributed by atoms with Crippen LogP contribution < -0.4 is 10.2 Å². The monoisotopic (exact) mass is 483 g/mol. The third-order valence-electron chi connectivity index (χ3n) is 6.69. The highest BCUT2D eigenvalue weighted by molar-refractivity contribution is 7.71. The van der Waals surface area contributed by atoms with E-state index in [9.17, 15) is 8.96 Å². The Labute approximate surface area is 202 Å². The van der Waals surface area contributed by atoms with E-state index in [-0.39, 0.29) is 0 Å². The standard InChI is InChI=1S/C27H23FN5OP/c28-23-10-9-19(15-25-22-7-3-1-5-20(22)18-30-32-25)16-26(23)35(34)13-11-33(12-14-35)27-29-17-21-6-2-4-8-24(21)31-27/h1-10,16-18H,11-15H2. The number of benzene rings is 3. The van der Waals surface area contributed by atoms with Gasteiger partial charge >= 0.3 is 0 Å². The topological polar surface area (TPSA) is 71.9 Å². The van der Waals surface area contributed by atoms with E-state index in [0.29, 0.717) is 43.1 Å². The van der Waals surface area contributed by atoms with Gasteiger partial charge in [-0.2, -0.15) is 10.2 Å². The number of nitrogens with zero attached hydrogens (tertiary/aromatic N) is 5. The largest absolute Gasteiger partial charge is 0.340 e. The summed E-state index contributed by atoms with van der Waals surface area (Å²) in [5.41, 5.74) is 2.58. The Morgan fingerprint density at radius 3 is 2.54 bits per heavy atom. The fourth-order valence-corrected chi connectivity index (χ4v) is 7.43. The Bertz CT molecular complexity index is 1590. The number of rotatable bonds is 4. The number of para-hydroxylation sites is 1. The molecule has 0 atom stereocenters. The SMILES string of the molecule is O=P1(c2cc(Cc3nncc4ccccc34)ccc2F)CCN(c2ncc3ccccc3n2)CC1. The molecule has 0 spiro atoms. The number of anilines is 1. The number of halogens is 1. The number of aromatic nitrogens is 4. The zero-order valence-corrected chi connectivity index (χ0v) is 19.9.